The molecule has 0 fully saturated rings. The number of hydrogen-bond acceptors (Lipinski definition) is 2. The minimum Gasteiger partial charge on any atom is -0.312 e. The summed E-state index contributed by atoms with van der Waals surface area (Å²) in [6.07, 6.45) is 0. The monoisotopic (exact) mass is 287 g/mol. The molecule has 1 aromatic heterocycles. The average Bonchev–Trinajstić information content (AvgIpc) is 2.94. The maximum Gasteiger partial charge on any atom is 0.0205 e. The SMILES string of the molecule is CC(C)c1ccc(CNCC(C)(C)c2cccs2)cc1. The van der Waals surface area contributed by atoms with Crippen molar-refractivity contribution >= 4 is 11.3 Å². The van der Waals surface area contributed by atoms with Crippen molar-refractivity contribution in [2.75, 3.05) is 6.54 Å². The number of benzene rings is 1. The second kappa shape index (κ2) is 6.55. The maximum absolute atomic E-state index is 3.59. The molecule has 2 rings (SSSR count). The van der Waals surface area contributed by atoms with E-state index in [1.54, 1.807) is 0 Å². The third-order valence-electron chi connectivity index (χ3n) is 3.73. The van der Waals surface area contributed by atoms with Crippen LogP contribution in [0.3, 0.4) is 0 Å². The largest absolute Gasteiger partial charge is 0.312 e. The second-order valence-electron chi connectivity index (χ2n) is 6.36. The van der Waals surface area contributed by atoms with Crippen LogP contribution >= 0.6 is 11.3 Å². The molecule has 0 saturated heterocycles. The van der Waals surface area contributed by atoms with E-state index in [2.05, 4.69) is 74.8 Å². The van der Waals surface area contributed by atoms with Crippen LogP contribution in [-0.2, 0) is 12.0 Å². The first-order chi connectivity index (χ1) is 9.49. The van der Waals surface area contributed by atoms with E-state index in [1.807, 2.05) is 11.3 Å². The third-order valence-corrected chi connectivity index (χ3v) is 4.97. The minimum atomic E-state index is 0.200. The molecule has 0 aliphatic rings. The highest BCUT2D eigenvalue weighted by Crippen LogP contribution is 2.26. The van der Waals surface area contributed by atoms with Crippen molar-refractivity contribution in [3.8, 4) is 0 Å². The molecule has 0 aliphatic carbocycles. The molecule has 2 aromatic rings. The zero-order valence-electron chi connectivity index (χ0n) is 12.9. The lowest BCUT2D eigenvalue weighted by Crippen LogP contribution is -2.31. The highest BCUT2D eigenvalue weighted by Gasteiger charge is 2.20. The van der Waals surface area contributed by atoms with Crippen molar-refractivity contribution in [2.45, 2.75) is 45.6 Å². The highest BCUT2D eigenvalue weighted by molar-refractivity contribution is 7.10. The van der Waals surface area contributed by atoms with E-state index in [0.717, 1.165) is 13.1 Å². The van der Waals surface area contributed by atoms with Crippen molar-refractivity contribution in [3.63, 3.8) is 0 Å². The fraction of sp³-hybridized carbons (Fsp3) is 0.444. The van der Waals surface area contributed by atoms with Gasteiger partial charge in [0.05, 0.1) is 0 Å². The molecule has 0 spiro atoms. The van der Waals surface area contributed by atoms with Gasteiger partial charge in [0.1, 0.15) is 0 Å². The zero-order chi connectivity index (χ0) is 14.6. The molecule has 0 radical (unpaired) electrons. The van der Waals surface area contributed by atoms with Crippen molar-refractivity contribution < 1.29 is 0 Å². The van der Waals surface area contributed by atoms with Crippen molar-refractivity contribution in [3.05, 3.63) is 57.8 Å². The zero-order valence-corrected chi connectivity index (χ0v) is 13.8. The number of hydrogen-bond donors (Lipinski definition) is 1. The summed E-state index contributed by atoms with van der Waals surface area (Å²) in [4.78, 5) is 1.44. The normalized spacial score (nSPS) is 12.1. The van der Waals surface area contributed by atoms with Crippen LogP contribution in [0.4, 0.5) is 0 Å². The van der Waals surface area contributed by atoms with Crippen molar-refractivity contribution in [2.24, 2.45) is 0 Å². The molecule has 0 saturated carbocycles. The Hall–Kier alpha value is -1.12. The number of rotatable bonds is 6. The van der Waals surface area contributed by atoms with Gasteiger partial charge in [-0.05, 0) is 28.5 Å². The van der Waals surface area contributed by atoms with E-state index < -0.39 is 0 Å². The molecular formula is C18H25NS. The van der Waals surface area contributed by atoms with Crippen LogP contribution in [-0.4, -0.2) is 6.54 Å². The van der Waals surface area contributed by atoms with Crippen LogP contribution in [0.1, 0.15) is 49.6 Å². The molecule has 0 bridgehead atoms. The number of thiophene rings is 1. The molecule has 2 heteroatoms. The fourth-order valence-electron chi connectivity index (χ4n) is 2.29. The summed E-state index contributed by atoms with van der Waals surface area (Å²) in [7, 11) is 0. The van der Waals surface area contributed by atoms with E-state index in [0.29, 0.717) is 5.92 Å². The summed E-state index contributed by atoms with van der Waals surface area (Å²) in [5, 5.41) is 5.74. The van der Waals surface area contributed by atoms with Crippen molar-refractivity contribution in [1.29, 1.82) is 0 Å². The van der Waals surface area contributed by atoms with E-state index in [1.165, 1.54) is 16.0 Å². The Kier molecular flexibility index (Phi) is 5.00. The predicted octanol–water partition coefficient (Wildman–Crippen LogP) is 4.94. The van der Waals surface area contributed by atoms with Gasteiger partial charge in [-0.25, -0.2) is 0 Å². The molecule has 0 unspecified atom stereocenters. The molecule has 0 aliphatic heterocycles. The van der Waals surface area contributed by atoms with Crippen LogP contribution in [0, 0.1) is 0 Å². The first kappa shape index (κ1) is 15.3. The van der Waals surface area contributed by atoms with Crippen LogP contribution in [0.25, 0.3) is 0 Å². The van der Waals surface area contributed by atoms with Gasteiger partial charge >= 0.3 is 0 Å². The fourth-order valence-corrected chi connectivity index (χ4v) is 3.14. The highest BCUT2D eigenvalue weighted by atomic mass is 32.1. The Labute approximate surface area is 127 Å². The summed E-state index contributed by atoms with van der Waals surface area (Å²) in [5.74, 6) is 0.606. The maximum atomic E-state index is 3.59. The second-order valence-corrected chi connectivity index (χ2v) is 7.31. The standard InChI is InChI=1S/C18H25NS/c1-14(2)16-9-7-15(8-10-16)12-19-13-18(3,4)17-6-5-11-20-17/h5-11,14,19H,12-13H2,1-4H3. The van der Waals surface area contributed by atoms with E-state index in [9.17, 15) is 0 Å². The van der Waals surface area contributed by atoms with Crippen LogP contribution in [0.2, 0.25) is 0 Å². The Morgan fingerprint density at radius 1 is 1.10 bits per heavy atom. The van der Waals surface area contributed by atoms with E-state index >= 15 is 0 Å². The molecule has 20 heavy (non-hydrogen) atoms. The molecule has 1 aromatic carbocycles. The van der Waals surface area contributed by atoms with Crippen LogP contribution in [0.15, 0.2) is 41.8 Å². The predicted molar refractivity (Wildman–Crippen MR) is 89.6 cm³/mol. The van der Waals surface area contributed by atoms with E-state index in [4.69, 9.17) is 0 Å². The minimum absolute atomic E-state index is 0.200. The first-order valence-corrected chi connectivity index (χ1v) is 8.20. The van der Waals surface area contributed by atoms with Gasteiger partial charge in [0.2, 0.25) is 0 Å². The van der Waals surface area contributed by atoms with Gasteiger partial charge in [-0.15, -0.1) is 11.3 Å². The Bertz CT molecular complexity index is 509. The first-order valence-electron chi connectivity index (χ1n) is 7.32. The van der Waals surface area contributed by atoms with Gasteiger partial charge in [0.15, 0.2) is 0 Å². The summed E-state index contributed by atoms with van der Waals surface area (Å²) in [6.45, 7) is 11.0. The lowest BCUT2D eigenvalue weighted by Gasteiger charge is -2.23. The topological polar surface area (TPSA) is 12.0 Å². The Balaban J connectivity index is 1.86. The summed E-state index contributed by atoms with van der Waals surface area (Å²) >= 11 is 1.84. The third kappa shape index (κ3) is 3.94. The summed E-state index contributed by atoms with van der Waals surface area (Å²) in [5.41, 5.74) is 2.97. The van der Waals surface area contributed by atoms with Crippen LogP contribution in [0.5, 0.6) is 0 Å². The lowest BCUT2D eigenvalue weighted by atomic mass is 9.91. The van der Waals surface area contributed by atoms with Gasteiger partial charge in [-0.3, -0.25) is 0 Å². The lowest BCUT2D eigenvalue weighted by molar-refractivity contribution is 0.477. The van der Waals surface area contributed by atoms with Crippen molar-refractivity contribution in [1.82, 2.24) is 5.32 Å². The molecule has 1 nitrogen and oxygen atoms in total. The summed E-state index contributed by atoms with van der Waals surface area (Å²) < 4.78 is 0. The molecule has 1 heterocycles. The van der Waals surface area contributed by atoms with Gasteiger partial charge in [-0.2, -0.15) is 0 Å². The molecule has 108 valence electrons. The average molecular weight is 287 g/mol. The summed E-state index contributed by atoms with van der Waals surface area (Å²) in [6, 6.07) is 13.3. The quantitative estimate of drug-likeness (QED) is 0.793. The van der Waals surface area contributed by atoms with Crippen LogP contribution < -0.4 is 5.32 Å². The Morgan fingerprint density at radius 2 is 1.80 bits per heavy atom. The van der Waals surface area contributed by atoms with Gasteiger partial charge in [0, 0.05) is 23.4 Å². The smallest absolute Gasteiger partial charge is 0.0205 e. The number of nitrogens with one attached hydrogen (secondary N) is 1. The Morgan fingerprint density at radius 3 is 2.35 bits per heavy atom. The van der Waals surface area contributed by atoms with Gasteiger partial charge in [-0.1, -0.05) is 58.0 Å². The molecule has 0 atom stereocenters. The van der Waals surface area contributed by atoms with Gasteiger partial charge < -0.3 is 5.32 Å². The molecule has 0 amide bonds. The van der Waals surface area contributed by atoms with Gasteiger partial charge in [0.25, 0.3) is 0 Å². The molecule has 1 N–H and O–H groups in total. The van der Waals surface area contributed by atoms with E-state index in [-0.39, 0.29) is 5.41 Å². The molecular weight excluding hydrogens is 262 g/mol.